The van der Waals surface area contributed by atoms with Crippen LogP contribution < -0.4 is 9.47 Å². The summed E-state index contributed by atoms with van der Waals surface area (Å²) in [5.41, 5.74) is 2.21. The molecule has 0 radical (unpaired) electrons. The van der Waals surface area contributed by atoms with Gasteiger partial charge in [-0.25, -0.2) is 0 Å². The fraction of sp³-hybridized carbons (Fsp3) is 0.200. The summed E-state index contributed by atoms with van der Waals surface area (Å²) >= 11 is 15.5. The van der Waals surface area contributed by atoms with Gasteiger partial charge in [0.05, 0.1) is 11.6 Å². The van der Waals surface area contributed by atoms with Gasteiger partial charge in [0.15, 0.2) is 0 Å². The van der Waals surface area contributed by atoms with Crippen LogP contribution in [0.3, 0.4) is 0 Å². The van der Waals surface area contributed by atoms with Crippen LogP contribution in [-0.2, 0) is 13.0 Å². The molecule has 20 heavy (non-hydrogen) atoms. The Morgan fingerprint density at radius 1 is 1.20 bits per heavy atom. The Morgan fingerprint density at radius 2 is 2.05 bits per heavy atom. The van der Waals surface area contributed by atoms with E-state index in [-0.39, 0.29) is 0 Å². The summed E-state index contributed by atoms with van der Waals surface area (Å²) in [7, 11) is 0. The van der Waals surface area contributed by atoms with E-state index in [1.807, 2.05) is 6.07 Å². The molecule has 0 fully saturated rings. The molecule has 1 aliphatic heterocycles. The van der Waals surface area contributed by atoms with Crippen molar-refractivity contribution in [3.8, 4) is 11.5 Å². The lowest BCUT2D eigenvalue weighted by atomic mass is 10.1. The van der Waals surface area contributed by atoms with Gasteiger partial charge < -0.3 is 9.47 Å². The highest BCUT2D eigenvalue weighted by Crippen LogP contribution is 2.35. The van der Waals surface area contributed by atoms with Crippen molar-refractivity contribution >= 4 is 39.1 Å². The quantitative estimate of drug-likeness (QED) is 0.729. The van der Waals surface area contributed by atoms with Gasteiger partial charge in [-0.05, 0) is 29.8 Å². The topological polar surface area (TPSA) is 18.5 Å². The van der Waals surface area contributed by atoms with E-state index in [0.29, 0.717) is 22.4 Å². The van der Waals surface area contributed by atoms with Crippen LogP contribution in [0, 0.1) is 0 Å². The molecule has 2 aromatic carbocycles. The lowest BCUT2D eigenvalue weighted by Gasteiger charge is -2.12. The van der Waals surface area contributed by atoms with E-state index in [4.69, 9.17) is 32.7 Å². The highest BCUT2D eigenvalue weighted by atomic mass is 79.9. The van der Waals surface area contributed by atoms with E-state index in [0.717, 1.165) is 28.8 Å². The molecule has 0 unspecified atom stereocenters. The average Bonchev–Trinajstić information content (AvgIpc) is 2.87. The van der Waals surface area contributed by atoms with E-state index >= 15 is 0 Å². The van der Waals surface area contributed by atoms with Crippen molar-refractivity contribution in [1.82, 2.24) is 0 Å². The molecule has 1 aliphatic rings. The third-order valence-corrected chi connectivity index (χ3v) is 4.11. The van der Waals surface area contributed by atoms with Crippen LogP contribution in [-0.4, -0.2) is 6.61 Å². The Morgan fingerprint density at radius 3 is 2.90 bits per heavy atom. The van der Waals surface area contributed by atoms with Gasteiger partial charge in [-0.1, -0.05) is 39.1 Å². The molecule has 0 saturated carbocycles. The molecule has 2 aromatic rings. The Balaban J connectivity index is 1.84. The average molecular weight is 374 g/mol. The minimum absolute atomic E-state index is 0.391. The van der Waals surface area contributed by atoms with E-state index in [1.165, 1.54) is 5.56 Å². The summed E-state index contributed by atoms with van der Waals surface area (Å²) in [5, 5.41) is 1.14. The lowest BCUT2D eigenvalue weighted by Crippen LogP contribution is -1.99. The first-order valence-corrected chi connectivity index (χ1v) is 7.70. The highest BCUT2D eigenvalue weighted by molar-refractivity contribution is 9.10. The molecule has 2 nitrogen and oxygen atoms in total. The first kappa shape index (κ1) is 14.1. The monoisotopic (exact) mass is 372 g/mol. The minimum Gasteiger partial charge on any atom is -0.493 e. The number of hydrogen-bond acceptors (Lipinski definition) is 2. The Hall–Kier alpha value is -0.900. The zero-order chi connectivity index (χ0) is 14.1. The van der Waals surface area contributed by atoms with Crippen LogP contribution in [0.5, 0.6) is 11.5 Å². The molecule has 5 heteroatoms. The molecule has 104 valence electrons. The zero-order valence-electron chi connectivity index (χ0n) is 10.5. The lowest BCUT2D eigenvalue weighted by molar-refractivity contribution is 0.292. The van der Waals surface area contributed by atoms with Crippen molar-refractivity contribution in [2.24, 2.45) is 0 Å². The Bertz CT molecular complexity index is 659. The Labute approximate surface area is 135 Å². The van der Waals surface area contributed by atoms with Crippen LogP contribution >= 0.6 is 39.1 Å². The Kier molecular flexibility index (Phi) is 4.11. The van der Waals surface area contributed by atoms with Crippen molar-refractivity contribution in [2.75, 3.05) is 6.61 Å². The summed E-state index contributed by atoms with van der Waals surface area (Å²) in [5.74, 6) is 1.50. The molecular weight excluding hydrogens is 363 g/mol. The van der Waals surface area contributed by atoms with Gasteiger partial charge in [0.25, 0.3) is 0 Å². The molecule has 1 heterocycles. The van der Waals surface area contributed by atoms with E-state index in [9.17, 15) is 0 Å². The van der Waals surface area contributed by atoms with E-state index < -0.39 is 0 Å². The summed E-state index contributed by atoms with van der Waals surface area (Å²) in [6.45, 7) is 1.11. The maximum absolute atomic E-state index is 6.09. The number of fused-ring (bicyclic) bond motifs is 1. The molecule has 0 aromatic heterocycles. The van der Waals surface area contributed by atoms with Crippen LogP contribution in [0.2, 0.25) is 10.0 Å². The second kappa shape index (κ2) is 5.84. The molecule has 0 atom stereocenters. The smallest absolute Gasteiger partial charge is 0.139 e. The second-order valence-corrected chi connectivity index (χ2v) is 6.27. The van der Waals surface area contributed by atoms with Gasteiger partial charge in [-0.15, -0.1) is 0 Å². The zero-order valence-corrected chi connectivity index (χ0v) is 13.6. The summed E-state index contributed by atoms with van der Waals surface area (Å²) in [6.07, 6.45) is 0.930. The third kappa shape index (κ3) is 2.90. The van der Waals surface area contributed by atoms with Gasteiger partial charge in [0.2, 0.25) is 0 Å². The van der Waals surface area contributed by atoms with Crippen LogP contribution in [0.15, 0.2) is 34.8 Å². The van der Waals surface area contributed by atoms with Crippen molar-refractivity contribution in [3.63, 3.8) is 0 Å². The number of rotatable bonds is 3. The predicted molar refractivity (Wildman–Crippen MR) is 84.1 cm³/mol. The first-order valence-electron chi connectivity index (χ1n) is 6.15. The van der Waals surface area contributed by atoms with Crippen LogP contribution in [0.1, 0.15) is 11.1 Å². The summed E-state index contributed by atoms with van der Waals surface area (Å²) in [6, 6.07) is 9.25. The minimum atomic E-state index is 0.391. The second-order valence-electron chi connectivity index (χ2n) is 4.52. The standard InChI is InChI=1S/C15H11BrCl2O2/c16-11-5-9-3-4-19-15(9)10(6-11)8-20-14-7-12(17)1-2-13(14)18/h1-2,5-7H,3-4,8H2. The van der Waals surface area contributed by atoms with Crippen molar-refractivity contribution < 1.29 is 9.47 Å². The molecule has 0 N–H and O–H groups in total. The fourth-order valence-electron chi connectivity index (χ4n) is 2.20. The van der Waals surface area contributed by atoms with Crippen molar-refractivity contribution in [2.45, 2.75) is 13.0 Å². The number of hydrogen-bond donors (Lipinski definition) is 0. The molecule has 0 amide bonds. The van der Waals surface area contributed by atoms with Gasteiger partial charge in [0.1, 0.15) is 18.1 Å². The van der Waals surface area contributed by atoms with Crippen LogP contribution in [0.25, 0.3) is 0 Å². The first-order chi connectivity index (χ1) is 9.63. The fourth-order valence-corrected chi connectivity index (χ4v) is 3.08. The maximum Gasteiger partial charge on any atom is 0.139 e. The molecule has 0 aliphatic carbocycles. The number of benzene rings is 2. The van der Waals surface area contributed by atoms with Gasteiger partial charge >= 0.3 is 0 Å². The van der Waals surface area contributed by atoms with E-state index in [1.54, 1.807) is 18.2 Å². The molecule has 3 rings (SSSR count). The summed E-state index contributed by atoms with van der Waals surface area (Å²) in [4.78, 5) is 0. The SMILES string of the molecule is Clc1ccc(Cl)c(OCc2cc(Br)cc3c2OCC3)c1. The predicted octanol–water partition coefficient (Wildman–Crippen LogP) is 5.27. The molecule has 0 saturated heterocycles. The van der Waals surface area contributed by atoms with Gasteiger partial charge in [-0.3, -0.25) is 0 Å². The van der Waals surface area contributed by atoms with Gasteiger partial charge in [-0.2, -0.15) is 0 Å². The normalized spacial score (nSPS) is 12.9. The van der Waals surface area contributed by atoms with E-state index in [2.05, 4.69) is 22.0 Å². The van der Waals surface area contributed by atoms with Gasteiger partial charge in [0, 0.05) is 27.5 Å². The van der Waals surface area contributed by atoms with Crippen molar-refractivity contribution in [1.29, 1.82) is 0 Å². The third-order valence-electron chi connectivity index (χ3n) is 3.10. The number of halogens is 3. The highest BCUT2D eigenvalue weighted by Gasteiger charge is 2.18. The molecular formula is C15H11BrCl2O2. The summed E-state index contributed by atoms with van der Waals surface area (Å²) < 4.78 is 12.5. The molecule has 0 spiro atoms. The van der Waals surface area contributed by atoms with Crippen molar-refractivity contribution in [3.05, 3.63) is 56.0 Å². The van der Waals surface area contributed by atoms with Crippen LogP contribution in [0.4, 0.5) is 0 Å². The maximum atomic E-state index is 6.09. The number of ether oxygens (including phenoxy) is 2. The molecule has 0 bridgehead atoms. The largest absolute Gasteiger partial charge is 0.493 e.